The third-order valence-electron chi connectivity index (χ3n) is 1.95. The van der Waals surface area contributed by atoms with E-state index in [-0.39, 0.29) is 0 Å². The summed E-state index contributed by atoms with van der Waals surface area (Å²) in [6, 6.07) is 0. The van der Waals surface area contributed by atoms with Crippen molar-refractivity contribution in [1.29, 1.82) is 0 Å². The highest BCUT2D eigenvalue weighted by Gasteiger charge is 2.13. The fraction of sp³-hybridized carbons (Fsp3) is 1.00. The Balaban J connectivity index is 3.79. The van der Waals surface area contributed by atoms with E-state index in [4.69, 9.17) is 0 Å². The highest BCUT2D eigenvalue weighted by atomic mass is 79.9. The molecule has 0 N–H and O–H groups in total. The van der Waals surface area contributed by atoms with Crippen LogP contribution in [0.3, 0.4) is 0 Å². The molecule has 0 aliphatic heterocycles. The van der Waals surface area contributed by atoms with E-state index in [1.807, 2.05) is 0 Å². The Morgan fingerprint density at radius 3 is 2.25 bits per heavy atom. The minimum atomic E-state index is -2.78. The van der Waals surface area contributed by atoms with Gasteiger partial charge in [-0.15, -0.1) is 0 Å². The predicted molar refractivity (Wildman–Crippen MR) is 56.5 cm³/mol. The summed E-state index contributed by atoms with van der Waals surface area (Å²) >= 11 is 3.52. The van der Waals surface area contributed by atoms with Gasteiger partial charge in [0, 0.05) is 11.1 Å². The van der Waals surface area contributed by atoms with Gasteiger partial charge in [-0.2, -0.15) is 0 Å². The highest BCUT2D eigenvalue weighted by molar-refractivity contribution is 9.09. The van der Waals surface area contributed by atoms with Gasteiger partial charge in [0.25, 0.3) is 0 Å². The molecule has 0 spiro atoms. The minimum absolute atomic E-state index is 0.302. The number of halogens is 1. The van der Waals surface area contributed by atoms with Crippen molar-refractivity contribution in [2.45, 2.75) is 31.5 Å². The Morgan fingerprint density at radius 1 is 1.42 bits per heavy atom. The first-order valence-corrected chi connectivity index (χ1v) is 7.16. The molecule has 0 amide bonds. The van der Waals surface area contributed by atoms with Crippen molar-refractivity contribution in [1.82, 2.24) is 0 Å². The summed E-state index contributed by atoms with van der Waals surface area (Å²) in [5.41, 5.74) is 0. The second-order valence-corrected chi connectivity index (χ2v) is 6.76. The van der Waals surface area contributed by atoms with Crippen LogP contribution < -0.4 is 0 Å². The van der Waals surface area contributed by atoms with Crippen molar-refractivity contribution in [2.75, 3.05) is 12.0 Å². The maximum Gasteiger partial charge on any atom is 0.147 e. The van der Waals surface area contributed by atoms with E-state index in [1.165, 1.54) is 6.26 Å². The zero-order chi connectivity index (χ0) is 9.78. The maximum absolute atomic E-state index is 10.8. The molecule has 2 nitrogen and oxygen atoms in total. The zero-order valence-electron chi connectivity index (χ0n) is 7.88. The van der Waals surface area contributed by atoms with Crippen LogP contribution >= 0.6 is 15.9 Å². The number of hydrogen-bond donors (Lipinski definition) is 0. The van der Waals surface area contributed by atoms with Crippen LogP contribution in [-0.4, -0.2) is 25.3 Å². The first-order valence-electron chi connectivity index (χ1n) is 4.18. The molecule has 0 saturated carbocycles. The second kappa shape index (κ2) is 5.22. The lowest BCUT2D eigenvalue weighted by Crippen LogP contribution is -2.14. The quantitative estimate of drug-likeness (QED) is 0.708. The third-order valence-corrected chi connectivity index (χ3v) is 4.48. The van der Waals surface area contributed by atoms with Gasteiger partial charge in [-0.3, -0.25) is 0 Å². The summed E-state index contributed by atoms with van der Waals surface area (Å²) < 4.78 is 21.7. The number of alkyl halides is 1. The van der Waals surface area contributed by atoms with Gasteiger partial charge in [-0.1, -0.05) is 29.8 Å². The minimum Gasteiger partial charge on any atom is -0.229 e. The van der Waals surface area contributed by atoms with Gasteiger partial charge in [0.15, 0.2) is 0 Å². The number of sulfone groups is 1. The molecule has 0 aliphatic carbocycles. The lowest BCUT2D eigenvalue weighted by atomic mass is 10.0. The molecular formula is C8H17BrO2S. The Labute approximate surface area is 83.8 Å². The monoisotopic (exact) mass is 256 g/mol. The van der Waals surface area contributed by atoms with Gasteiger partial charge in [0.2, 0.25) is 0 Å². The van der Waals surface area contributed by atoms with Gasteiger partial charge in [-0.05, 0) is 18.8 Å². The first kappa shape index (κ1) is 12.4. The molecule has 0 aromatic carbocycles. The Bertz CT molecular complexity index is 211. The molecule has 74 valence electrons. The summed E-state index contributed by atoms with van der Waals surface area (Å²) in [5.74, 6) is 0.737. The molecular weight excluding hydrogens is 240 g/mol. The van der Waals surface area contributed by atoms with E-state index in [0.29, 0.717) is 16.5 Å². The van der Waals surface area contributed by atoms with Crippen molar-refractivity contribution >= 4 is 25.8 Å². The van der Waals surface area contributed by atoms with E-state index in [9.17, 15) is 8.42 Å². The average Bonchev–Trinajstić information content (AvgIpc) is 1.97. The lowest BCUT2D eigenvalue weighted by molar-refractivity contribution is 0.523. The molecule has 12 heavy (non-hydrogen) atoms. The maximum atomic E-state index is 10.8. The van der Waals surface area contributed by atoms with Gasteiger partial charge < -0.3 is 0 Å². The third kappa shape index (κ3) is 6.00. The fourth-order valence-corrected chi connectivity index (χ4v) is 2.05. The summed E-state index contributed by atoms with van der Waals surface area (Å²) in [4.78, 5) is 0.444. The number of rotatable bonds is 5. The molecule has 2 atom stereocenters. The van der Waals surface area contributed by atoms with Gasteiger partial charge in [0.1, 0.15) is 9.84 Å². The molecule has 2 unspecified atom stereocenters. The standard InChI is InChI=1S/C8H17BrO2S/c1-4-8(9)7(2)5-6-12(3,10)11/h7-8H,4-6H2,1-3H3. The summed E-state index contributed by atoms with van der Waals surface area (Å²) in [5, 5.41) is 0. The normalized spacial score (nSPS) is 17.3. The van der Waals surface area contributed by atoms with Crippen molar-refractivity contribution in [2.24, 2.45) is 5.92 Å². The molecule has 0 aromatic rings. The van der Waals surface area contributed by atoms with E-state index in [2.05, 4.69) is 29.8 Å². The van der Waals surface area contributed by atoms with Gasteiger partial charge >= 0.3 is 0 Å². The second-order valence-electron chi connectivity index (χ2n) is 3.32. The SMILES string of the molecule is CCC(Br)C(C)CCS(C)(=O)=O. The van der Waals surface area contributed by atoms with Crippen LogP contribution in [0, 0.1) is 5.92 Å². The van der Waals surface area contributed by atoms with Crippen LogP contribution in [0.1, 0.15) is 26.7 Å². The predicted octanol–water partition coefficient (Wildman–Crippen LogP) is 2.23. The van der Waals surface area contributed by atoms with Gasteiger partial charge in [-0.25, -0.2) is 8.42 Å². The lowest BCUT2D eigenvalue weighted by Gasteiger charge is -2.15. The molecule has 0 radical (unpaired) electrons. The van der Waals surface area contributed by atoms with E-state index in [1.54, 1.807) is 0 Å². The molecule has 0 aromatic heterocycles. The summed E-state index contributed by atoms with van der Waals surface area (Å²) in [7, 11) is -2.78. The first-order chi connectivity index (χ1) is 5.37. The Kier molecular flexibility index (Phi) is 5.41. The summed E-state index contributed by atoms with van der Waals surface area (Å²) in [6.45, 7) is 4.17. The van der Waals surface area contributed by atoms with Crippen molar-refractivity contribution in [3.63, 3.8) is 0 Å². The van der Waals surface area contributed by atoms with E-state index in [0.717, 1.165) is 12.8 Å². The van der Waals surface area contributed by atoms with Gasteiger partial charge in [0.05, 0.1) is 5.75 Å². The smallest absolute Gasteiger partial charge is 0.147 e. The summed E-state index contributed by atoms with van der Waals surface area (Å²) in [6.07, 6.45) is 3.09. The molecule has 0 saturated heterocycles. The van der Waals surface area contributed by atoms with E-state index < -0.39 is 9.84 Å². The zero-order valence-corrected chi connectivity index (χ0v) is 10.3. The highest BCUT2D eigenvalue weighted by Crippen LogP contribution is 2.19. The van der Waals surface area contributed by atoms with E-state index >= 15 is 0 Å². The van der Waals surface area contributed by atoms with Crippen LogP contribution in [0.2, 0.25) is 0 Å². The van der Waals surface area contributed by atoms with Crippen LogP contribution in [-0.2, 0) is 9.84 Å². The number of hydrogen-bond acceptors (Lipinski definition) is 2. The Hall–Kier alpha value is 0.430. The van der Waals surface area contributed by atoms with Crippen LogP contribution in [0.15, 0.2) is 0 Å². The molecule has 0 heterocycles. The van der Waals surface area contributed by atoms with Crippen LogP contribution in [0.25, 0.3) is 0 Å². The van der Waals surface area contributed by atoms with Crippen LogP contribution in [0.5, 0.6) is 0 Å². The molecule has 0 bridgehead atoms. The largest absolute Gasteiger partial charge is 0.229 e. The molecule has 4 heteroatoms. The van der Waals surface area contributed by atoms with Crippen molar-refractivity contribution < 1.29 is 8.42 Å². The average molecular weight is 257 g/mol. The molecule has 0 fully saturated rings. The molecule has 0 aliphatic rings. The van der Waals surface area contributed by atoms with Crippen molar-refractivity contribution in [3.05, 3.63) is 0 Å². The topological polar surface area (TPSA) is 34.1 Å². The molecule has 0 rings (SSSR count). The fourth-order valence-electron chi connectivity index (χ4n) is 0.983. The van der Waals surface area contributed by atoms with Crippen LogP contribution in [0.4, 0.5) is 0 Å². The van der Waals surface area contributed by atoms with Crippen molar-refractivity contribution in [3.8, 4) is 0 Å². The Morgan fingerprint density at radius 2 is 1.92 bits per heavy atom.